The fraction of sp³-hybridized carbons (Fsp3) is 0.429. The maximum absolute atomic E-state index is 11.9. The number of hydrogen-bond acceptors (Lipinski definition) is 3. The van der Waals surface area contributed by atoms with E-state index in [0.717, 1.165) is 17.1 Å². The van der Waals surface area contributed by atoms with E-state index in [9.17, 15) is 9.59 Å². The van der Waals surface area contributed by atoms with Crippen LogP contribution in [0.4, 0.5) is 0 Å². The molecule has 0 bridgehead atoms. The second kappa shape index (κ2) is 6.61. The summed E-state index contributed by atoms with van der Waals surface area (Å²) < 4.78 is 0. The summed E-state index contributed by atoms with van der Waals surface area (Å²) in [6.45, 7) is 5.01. The zero-order valence-electron chi connectivity index (χ0n) is 11.4. The first-order chi connectivity index (χ1) is 8.86. The smallest absolute Gasteiger partial charge is 0.328 e. The molecule has 0 saturated heterocycles. The summed E-state index contributed by atoms with van der Waals surface area (Å²) in [5.41, 5.74) is 0.355. The molecule has 1 aromatic rings. The van der Waals surface area contributed by atoms with Gasteiger partial charge >= 0.3 is 5.97 Å². The molecule has 0 fully saturated rings. The number of carboxylic acid groups (broad SMARTS) is 1. The normalized spacial score (nSPS) is 11.1. The first-order valence-electron chi connectivity index (χ1n) is 6.09. The lowest BCUT2D eigenvalue weighted by atomic mass is 10.0. The minimum absolute atomic E-state index is 0.373. The van der Waals surface area contributed by atoms with Crippen LogP contribution < -0.4 is 5.32 Å². The van der Waals surface area contributed by atoms with Crippen LogP contribution in [0.2, 0.25) is 0 Å². The van der Waals surface area contributed by atoms with Gasteiger partial charge in [0, 0.05) is 11.3 Å². The van der Waals surface area contributed by atoms with Crippen molar-refractivity contribution < 1.29 is 14.7 Å². The fourth-order valence-electron chi connectivity index (χ4n) is 1.38. The summed E-state index contributed by atoms with van der Waals surface area (Å²) in [6.07, 6.45) is 0. The van der Waals surface area contributed by atoms with Crippen LogP contribution >= 0.6 is 11.8 Å². The molecule has 0 unspecified atom stereocenters. The van der Waals surface area contributed by atoms with Gasteiger partial charge in [-0.25, -0.2) is 4.79 Å². The molecule has 1 aromatic carbocycles. The number of rotatable bonds is 6. The second-order valence-electron chi connectivity index (χ2n) is 4.72. The zero-order valence-corrected chi connectivity index (χ0v) is 12.2. The SMILES string of the molecule is CCSCc1ccc(C(=O)NC(C)(C)C(=O)O)cc1. The minimum atomic E-state index is -1.27. The Hall–Kier alpha value is -1.49. The number of amides is 1. The minimum Gasteiger partial charge on any atom is -0.480 e. The van der Waals surface area contributed by atoms with Gasteiger partial charge in [-0.1, -0.05) is 19.1 Å². The molecule has 4 nitrogen and oxygen atoms in total. The van der Waals surface area contributed by atoms with E-state index in [4.69, 9.17) is 5.11 Å². The first-order valence-corrected chi connectivity index (χ1v) is 7.25. The number of thioether (sulfide) groups is 1. The van der Waals surface area contributed by atoms with Crippen molar-refractivity contribution in [2.75, 3.05) is 5.75 Å². The Labute approximate surface area is 117 Å². The van der Waals surface area contributed by atoms with E-state index in [1.807, 2.05) is 23.9 Å². The highest BCUT2D eigenvalue weighted by Gasteiger charge is 2.29. The molecule has 19 heavy (non-hydrogen) atoms. The van der Waals surface area contributed by atoms with Gasteiger partial charge in [-0.2, -0.15) is 11.8 Å². The molecule has 0 aliphatic heterocycles. The topological polar surface area (TPSA) is 66.4 Å². The van der Waals surface area contributed by atoms with Gasteiger partial charge in [-0.05, 0) is 37.3 Å². The predicted octanol–water partition coefficient (Wildman–Crippen LogP) is 2.53. The predicted molar refractivity (Wildman–Crippen MR) is 77.5 cm³/mol. The number of carboxylic acids is 1. The Morgan fingerprint density at radius 3 is 2.32 bits per heavy atom. The number of hydrogen-bond donors (Lipinski definition) is 2. The number of carbonyl (C=O) groups excluding carboxylic acids is 1. The third-order valence-electron chi connectivity index (χ3n) is 2.65. The molecule has 0 atom stereocenters. The molecule has 0 aliphatic rings. The van der Waals surface area contributed by atoms with Crippen molar-refractivity contribution in [3.8, 4) is 0 Å². The van der Waals surface area contributed by atoms with Crippen LogP contribution in [0.5, 0.6) is 0 Å². The number of carbonyl (C=O) groups is 2. The zero-order chi connectivity index (χ0) is 14.5. The summed E-state index contributed by atoms with van der Waals surface area (Å²) >= 11 is 1.81. The summed E-state index contributed by atoms with van der Waals surface area (Å²) in [7, 11) is 0. The van der Waals surface area contributed by atoms with Crippen LogP contribution in [-0.4, -0.2) is 28.3 Å². The third kappa shape index (κ3) is 4.59. The van der Waals surface area contributed by atoms with E-state index in [1.54, 1.807) is 12.1 Å². The molecule has 0 spiro atoms. The van der Waals surface area contributed by atoms with Gasteiger partial charge in [0.05, 0.1) is 0 Å². The van der Waals surface area contributed by atoms with E-state index in [-0.39, 0.29) is 5.91 Å². The van der Waals surface area contributed by atoms with Crippen LogP contribution in [0.15, 0.2) is 24.3 Å². The van der Waals surface area contributed by atoms with Crippen molar-refractivity contribution in [3.63, 3.8) is 0 Å². The number of nitrogens with one attached hydrogen (secondary N) is 1. The molecule has 0 heterocycles. The van der Waals surface area contributed by atoms with Gasteiger partial charge < -0.3 is 10.4 Å². The maximum Gasteiger partial charge on any atom is 0.328 e. The van der Waals surface area contributed by atoms with Gasteiger partial charge in [0.15, 0.2) is 0 Å². The molecule has 1 amide bonds. The third-order valence-corrected chi connectivity index (χ3v) is 3.60. The van der Waals surface area contributed by atoms with Gasteiger partial charge in [0.1, 0.15) is 5.54 Å². The van der Waals surface area contributed by atoms with Crippen molar-refractivity contribution in [2.45, 2.75) is 32.1 Å². The molecule has 0 radical (unpaired) electrons. The summed E-state index contributed by atoms with van der Waals surface area (Å²) in [6, 6.07) is 7.23. The van der Waals surface area contributed by atoms with Gasteiger partial charge in [0.2, 0.25) is 0 Å². The van der Waals surface area contributed by atoms with Crippen molar-refractivity contribution in [1.29, 1.82) is 0 Å². The largest absolute Gasteiger partial charge is 0.480 e. The van der Waals surface area contributed by atoms with Gasteiger partial charge in [-0.3, -0.25) is 4.79 Å². The molecule has 0 aromatic heterocycles. The Morgan fingerprint density at radius 2 is 1.84 bits per heavy atom. The average molecular weight is 281 g/mol. The highest BCUT2D eigenvalue weighted by atomic mass is 32.2. The summed E-state index contributed by atoms with van der Waals surface area (Å²) in [5.74, 6) is 0.535. The first kappa shape index (κ1) is 15.6. The maximum atomic E-state index is 11.9. The van der Waals surface area contributed by atoms with Gasteiger partial charge in [0.25, 0.3) is 5.91 Å². The van der Waals surface area contributed by atoms with Crippen LogP contribution in [0.1, 0.15) is 36.7 Å². The van der Waals surface area contributed by atoms with E-state index in [1.165, 1.54) is 13.8 Å². The van der Waals surface area contributed by atoms with Crippen LogP contribution in [0, 0.1) is 0 Å². The Morgan fingerprint density at radius 1 is 1.26 bits per heavy atom. The standard InChI is InChI=1S/C14H19NO3S/c1-4-19-9-10-5-7-11(8-6-10)12(16)15-14(2,3)13(17)18/h5-8H,4,9H2,1-3H3,(H,15,16)(H,17,18). The van der Waals surface area contributed by atoms with Gasteiger partial charge in [-0.15, -0.1) is 0 Å². The molecular weight excluding hydrogens is 262 g/mol. The molecule has 0 aliphatic carbocycles. The fourth-order valence-corrected chi connectivity index (χ4v) is 2.01. The lowest BCUT2D eigenvalue weighted by Gasteiger charge is -2.21. The van der Waals surface area contributed by atoms with E-state index < -0.39 is 11.5 Å². The number of aliphatic carboxylic acids is 1. The molecule has 0 saturated carbocycles. The summed E-state index contributed by atoms with van der Waals surface area (Å²) in [5, 5.41) is 11.5. The quantitative estimate of drug-likeness (QED) is 0.841. The van der Waals surface area contributed by atoms with E-state index in [2.05, 4.69) is 12.2 Å². The van der Waals surface area contributed by atoms with Crippen LogP contribution in [0.25, 0.3) is 0 Å². The van der Waals surface area contributed by atoms with Crippen molar-refractivity contribution in [3.05, 3.63) is 35.4 Å². The second-order valence-corrected chi connectivity index (χ2v) is 5.99. The summed E-state index contributed by atoms with van der Waals surface area (Å²) in [4.78, 5) is 22.9. The van der Waals surface area contributed by atoms with E-state index in [0.29, 0.717) is 5.56 Å². The van der Waals surface area contributed by atoms with Crippen molar-refractivity contribution in [2.24, 2.45) is 0 Å². The monoisotopic (exact) mass is 281 g/mol. The lowest BCUT2D eigenvalue weighted by molar-refractivity contribution is -0.143. The highest BCUT2D eigenvalue weighted by Crippen LogP contribution is 2.13. The van der Waals surface area contributed by atoms with Crippen molar-refractivity contribution in [1.82, 2.24) is 5.32 Å². The van der Waals surface area contributed by atoms with E-state index >= 15 is 0 Å². The van der Waals surface area contributed by atoms with Crippen LogP contribution in [-0.2, 0) is 10.5 Å². The Kier molecular flexibility index (Phi) is 5.42. The molecule has 5 heteroatoms. The average Bonchev–Trinajstić information content (AvgIpc) is 2.36. The number of benzene rings is 1. The lowest BCUT2D eigenvalue weighted by Crippen LogP contribution is -2.49. The Balaban J connectivity index is 2.70. The molecule has 2 N–H and O–H groups in total. The Bertz CT molecular complexity index is 454. The van der Waals surface area contributed by atoms with Crippen molar-refractivity contribution >= 4 is 23.6 Å². The molecule has 1 rings (SSSR count). The highest BCUT2D eigenvalue weighted by molar-refractivity contribution is 7.98. The molecule has 104 valence electrons. The van der Waals surface area contributed by atoms with Crippen LogP contribution in [0.3, 0.4) is 0 Å². The molecular formula is C14H19NO3S.